The fourth-order valence-corrected chi connectivity index (χ4v) is 7.14. The van der Waals surface area contributed by atoms with Crippen LogP contribution in [-0.2, 0) is 0 Å². The van der Waals surface area contributed by atoms with E-state index in [9.17, 15) is 0 Å². The molecule has 9 rings (SSSR count). The van der Waals surface area contributed by atoms with Crippen LogP contribution in [0, 0.1) is 0 Å². The van der Waals surface area contributed by atoms with Gasteiger partial charge in [-0.25, -0.2) is 0 Å². The number of fused-ring (bicyclic) bond motifs is 6. The minimum absolute atomic E-state index is 0.534. The lowest BCUT2D eigenvalue weighted by molar-refractivity contribution is 1.28. The smallest absolute Gasteiger partial charge is 0.0623 e. The average molecular weight is 625 g/mol. The molecular weight excluding hydrogens is 591 g/mol. The molecule has 0 unspecified atom stereocenters. The highest BCUT2D eigenvalue weighted by molar-refractivity contribution is 6.25. The number of rotatable bonds is 6. The molecule has 0 saturated heterocycles. The zero-order chi connectivity index (χ0) is 33.4. The van der Waals surface area contributed by atoms with Crippen LogP contribution < -0.4 is 4.90 Å². The molecule has 9 aromatic rings. The molecule has 0 heterocycles. The first-order valence-corrected chi connectivity index (χ1v) is 16.8. The summed E-state index contributed by atoms with van der Waals surface area (Å²) < 4.78 is 8.25. The van der Waals surface area contributed by atoms with Gasteiger partial charge in [0.15, 0.2) is 0 Å². The van der Waals surface area contributed by atoms with E-state index in [0.29, 0.717) is 6.04 Å². The zero-order valence-corrected chi connectivity index (χ0v) is 26.9. The van der Waals surface area contributed by atoms with Gasteiger partial charge in [0.25, 0.3) is 0 Å². The highest BCUT2D eigenvalue weighted by Gasteiger charge is 2.15. The van der Waals surface area contributed by atoms with E-state index in [2.05, 4.69) is 187 Å². The first-order valence-electron chi connectivity index (χ1n) is 17.3. The molecule has 230 valence electrons. The maximum atomic E-state index is 8.25. The lowest BCUT2D eigenvalue weighted by Gasteiger charge is -2.26. The summed E-state index contributed by atoms with van der Waals surface area (Å²) in [7, 11) is 0. The van der Waals surface area contributed by atoms with E-state index in [-0.39, 0.29) is 0 Å². The number of hydrogen-bond acceptors (Lipinski definition) is 1. The topological polar surface area (TPSA) is 3.24 Å². The van der Waals surface area contributed by atoms with Crippen molar-refractivity contribution < 1.29 is 1.37 Å². The van der Waals surface area contributed by atoms with Gasteiger partial charge >= 0.3 is 0 Å². The van der Waals surface area contributed by atoms with E-state index in [1.54, 1.807) is 0 Å². The van der Waals surface area contributed by atoms with Crippen molar-refractivity contribution in [2.75, 3.05) is 4.90 Å². The molecule has 0 saturated carbocycles. The molecular formula is C48H33N. The summed E-state index contributed by atoms with van der Waals surface area (Å²) >= 11 is 0. The van der Waals surface area contributed by atoms with Crippen molar-refractivity contribution >= 4 is 49.4 Å². The van der Waals surface area contributed by atoms with Gasteiger partial charge in [0, 0.05) is 17.1 Å². The van der Waals surface area contributed by atoms with Crippen LogP contribution >= 0.6 is 0 Å². The first kappa shape index (κ1) is 27.7. The third-order valence-electron chi connectivity index (χ3n) is 9.61. The Hall–Kier alpha value is -6.44. The van der Waals surface area contributed by atoms with Crippen LogP contribution in [0.15, 0.2) is 200 Å². The largest absolute Gasteiger partial charge is 0.311 e. The first-order chi connectivity index (χ1) is 24.7. The van der Waals surface area contributed by atoms with Gasteiger partial charge in [0.2, 0.25) is 0 Å². The maximum absolute atomic E-state index is 8.25. The summed E-state index contributed by atoms with van der Waals surface area (Å²) in [6.45, 7) is 0. The molecule has 1 nitrogen and oxygen atoms in total. The normalized spacial score (nSPS) is 11.6. The second-order valence-electron chi connectivity index (χ2n) is 12.5. The molecule has 9 aromatic carbocycles. The number of nitrogens with zero attached hydrogens (tertiary/aromatic N) is 1. The van der Waals surface area contributed by atoms with Crippen LogP contribution in [0.2, 0.25) is 0 Å². The minimum atomic E-state index is 0.534. The number of benzene rings is 9. The molecule has 0 N–H and O–H groups in total. The molecule has 0 aliphatic heterocycles. The predicted molar refractivity (Wildman–Crippen MR) is 210 cm³/mol. The van der Waals surface area contributed by atoms with Crippen molar-refractivity contribution in [3.8, 4) is 33.4 Å². The van der Waals surface area contributed by atoms with Gasteiger partial charge in [0.05, 0.1) is 1.37 Å². The van der Waals surface area contributed by atoms with Crippen molar-refractivity contribution in [1.29, 1.82) is 0 Å². The molecule has 0 bridgehead atoms. The second kappa shape index (κ2) is 12.3. The maximum Gasteiger partial charge on any atom is 0.0623 e. The van der Waals surface area contributed by atoms with Crippen LogP contribution in [0.1, 0.15) is 1.37 Å². The van der Waals surface area contributed by atoms with Gasteiger partial charge in [-0.05, 0) is 108 Å². The van der Waals surface area contributed by atoms with Gasteiger partial charge in [0.1, 0.15) is 0 Å². The average Bonchev–Trinajstić information content (AvgIpc) is 3.19. The highest BCUT2D eigenvalue weighted by atomic mass is 15.1. The second-order valence-corrected chi connectivity index (χ2v) is 12.5. The quantitative estimate of drug-likeness (QED) is 0.166. The van der Waals surface area contributed by atoms with Gasteiger partial charge in [-0.15, -0.1) is 0 Å². The fraction of sp³-hybridized carbons (Fsp3) is 0. The Morgan fingerprint density at radius 3 is 1.12 bits per heavy atom. The molecule has 0 aromatic heterocycles. The van der Waals surface area contributed by atoms with E-state index >= 15 is 0 Å². The third-order valence-corrected chi connectivity index (χ3v) is 9.61. The van der Waals surface area contributed by atoms with E-state index in [0.717, 1.165) is 22.4 Å². The number of anilines is 3. The summed E-state index contributed by atoms with van der Waals surface area (Å²) in [5, 5.41) is 7.15. The van der Waals surface area contributed by atoms with Gasteiger partial charge in [-0.3, -0.25) is 0 Å². The molecule has 0 amide bonds. The summed E-state index contributed by atoms with van der Waals surface area (Å²) in [6, 6.07) is 69.5. The third kappa shape index (κ3) is 5.32. The van der Waals surface area contributed by atoms with E-state index in [1.807, 2.05) is 12.1 Å². The molecule has 1 heteroatoms. The lowest BCUT2D eigenvalue weighted by atomic mass is 9.92. The Morgan fingerprint density at radius 1 is 0.265 bits per heavy atom. The van der Waals surface area contributed by atoms with Crippen LogP contribution in [0.3, 0.4) is 0 Å². The molecule has 0 fully saturated rings. The highest BCUT2D eigenvalue weighted by Crippen LogP contribution is 2.40. The van der Waals surface area contributed by atoms with Crippen LogP contribution in [0.25, 0.3) is 65.7 Å². The summed E-state index contributed by atoms with van der Waals surface area (Å²) in [6.07, 6.45) is 0. The van der Waals surface area contributed by atoms with Gasteiger partial charge < -0.3 is 4.90 Å². The molecule has 0 atom stereocenters. The van der Waals surface area contributed by atoms with E-state index in [4.69, 9.17) is 1.37 Å². The van der Waals surface area contributed by atoms with Gasteiger partial charge in [-0.2, -0.15) is 0 Å². The zero-order valence-electron chi connectivity index (χ0n) is 27.9. The fourth-order valence-electron chi connectivity index (χ4n) is 7.14. The Morgan fingerprint density at radius 2 is 0.612 bits per heavy atom. The Bertz CT molecular complexity index is 2510. The van der Waals surface area contributed by atoms with Crippen molar-refractivity contribution in [3.05, 3.63) is 200 Å². The minimum Gasteiger partial charge on any atom is -0.311 e. The summed E-state index contributed by atoms with van der Waals surface area (Å²) in [5.74, 6) is 0. The van der Waals surface area contributed by atoms with Crippen molar-refractivity contribution in [1.82, 2.24) is 0 Å². The lowest BCUT2D eigenvalue weighted by Crippen LogP contribution is -2.09. The van der Waals surface area contributed by atoms with Gasteiger partial charge in [-0.1, -0.05) is 158 Å². The molecule has 0 aliphatic carbocycles. The van der Waals surface area contributed by atoms with Crippen molar-refractivity contribution in [2.45, 2.75) is 0 Å². The molecule has 0 aliphatic rings. The van der Waals surface area contributed by atoms with E-state index < -0.39 is 0 Å². The summed E-state index contributed by atoms with van der Waals surface area (Å²) in [5.41, 5.74) is 10.4. The van der Waals surface area contributed by atoms with Crippen LogP contribution in [0.4, 0.5) is 17.1 Å². The monoisotopic (exact) mass is 624 g/mol. The molecule has 49 heavy (non-hydrogen) atoms. The van der Waals surface area contributed by atoms with E-state index in [1.165, 1.54) is 60.3 Å². The van der Waals surface area contributed by atoms with Crippen molar-refractivity contribution in [2.24, 2.45) is 0 Å². The predicted octanol–water partition coefficient (Wildman–Crippen LogP) is 13.6. The standard InChI is InChI=1S/C48H33N/c1-3-11-34(12-4-1)36-19-26-40(27-20-36)49(41-28-21-37(22-29-41)35-13-5-2-6-14-35)42-30-23-38(24-31-42)39-25-32-47-45-17-8-7-15-43(45)44-16-9-10-18-46(44)48(47)33-39/h1-33H/i7D. The molecule has 0 spiro atoms. The summed E-state index contributed by atoms with van der Waals surface area (Å²) in [4.78, 5) is 2.33. The van der Waals surface area contributed by atoms with Crippen molar-refractivity contribution in [3.63, 3.8) is 0 Å². The Kier molecular flexibility index (Phi) is 6.94. The molecule has 0 radical (unpaired) electrons. The van der Waals surface area contributed by atoms with Crippen LogP contribution in [0.5, 0.6) is 0 Å². The Balaban J connectivity index is 1.12. The van der Waals surface area contributed by atoms with Crippen LogP contribution in [-0.4, -0.2) is 0 Å². The SMILES string of the molecule is [2H]c1ccc2c3ccc(-c4ccc(N(c5ccc(-c6ccccc6)cc5)c5ccc(-c6ccccc6)cc5)cc4)cc3c3ccccc3c2c1. The Labute approximate surface area is 288 Å². The number of hydrogen-bond donors (Lipinski definition) is 0.